The summed E-state index contributed by atoms with van der Waals surface area (Å²) in [7, 11) is 0. The van der Waals surface area contributed by atoms with Gasteiger partial charge in [0.2, 0.25) is 0 Å². The van der Waals surface area contributed by atoms with Crippen molar-refractivity contribution in [3.8, 4) is 5.75 Å². The highest BCUT2D eigenvalue weighted by Crippen LogP contribution is 2.27. The highest BCUT2D eigenvalue weighted by Gasteiger charge is 2.21. The third kappa shape index (κ3) is 6.99. The first-order valence-electron chi connectivity index (χ1n) is 11.5. The predicted octanol–water partition coefficient (Wildman–Crippen LogP) is 3.78. The van der Waals surface area contributed by atoms with Crippen molar-refractivity contribution < 1.29 is 9.90 Å². The molecule has 0 atom stereocenters. The third-order valence-electron chi connectivity index (χ3n) is 5.80. The highest BCUT2D eigenvalue weighted by molar-refractivity contribution is 14.0. The number of hydrogen-bond acceptors (Lipinski definition) is 4. The number of guanidine groups is 1. The van der Waals surface area contributed by atoms with Gasteiger partial charge in [0.05, 0.1) is 12.2 Å². The Bertz CT molecular complexity index is 907. The molecule has 0 unspecified atom stereocenters. The number of aromatic hydroxyl groups is 1. The van der Waals surface area contributed by atoms with Crippen LogP contribution in [0.15, 0.2) is 53.5 Å². The van der Waals surface area contributed by atoms with Gasteiger partial charge < -0.3 is 25.1 Å². The number of phenolic OH excluding ortho intramolecular Hbond substituents is 1. The first kappa shape index (κ1) is 26.8. The van der Waals surface area contributed by atoms with E-state index in [-0.39, 0.29) is 29.9 Å². The lowest BCUT2D eigenvalue weighted by molar-refractivity contribution is 0.0773. The minimum Gasteiger partial charge on any atom is -0.506 e. The molecule has 0 aromatic heterocycles. The molecule has 0 saturated carbocycles. The Morgan fingerprint density at radius 1 is 1.00 bits per heavy atom. The van der Waals surface area contributed by atoms with Crippen molar-refractivity contribution in [2.24, 2.45) is 4.99 Å². The van der Waals surface area contributed by atoms with Crippen LogP contribution < -0.4 is 10.2 Å². The van der Waals surface area contributed by atoms with E-state index in [1.807, 2.05) is 61.2 Å². The monoisotopic (exact) mass is 565 g/mol. The Labute approximate surface area is 214 Å². The number of hydrogen-bond donors (Lipinski definition) is 2. The Morgan fingerprint density at radius 2 is 1.64 bits per heavy atom. The van der Waals surface area contributed by atoms with Crippen LogP contribution in [0.4, 0.5) is 5.69 Å². The van der Waals surface area contributed by atoms with Crippen LogP contribution >= 0.6 is 24.0 Å². The quantitative estimate of drug-likeness (QED) is 0.304. The molecule has 8 heteroatoms. The number of aliphatic imine (C=N–C) groups is 1. The van der Waals surface area contributed by atoms with Gasteiger partial charge in [0, 0.05) is 51.4 Å². The number of rotatable bonds is 7. The maximum absolute atomic E-state index is 12.5. The van der Waals surface area contributed by atoms with Gasteiger partial charge in [-0.25, -0.2) is 4.99 Å². The van der Waals surface area contributed by atoms with Gasteiger partial charge >= 0.3 is 0 Å². The summed E-state index contributed by atoms with van der Waals surface area (Å²) in [5.74, 6) is 1.29. The van der Waals surface area contributed by atoms with E-state index in [1.54, 1.807) is 6.07 Å². The van der Waals surface area contributed by atoms with Crippen molar-refractivity contribution in [3.63, 3.8) is 0 Å². The first-order chi connectivity index (χ1) is 15.6. The molecular formula is C25H36IN5O2. The van der Waals surface area contributed by atoms with Crippen LogP contribution in [0.2, 0.25) is 0 Å². The largest absolute Gasteiger partial charge is 0.506 e. The summed E-state index contributed by atoms with van der Waals surface area (Å²) in [6, 6.07) is 15.2. The zero-order valence-corrected chi connectivity index (χ0v) is 22.2. The van der Waals surface area contributed by atoms with Crippen molar-refractivity contribution in [2.45, 2.75) is 27.3 Å². The number of piperazine rings is 1. The molecule has 1 fully saturated rings. The van der Waals surface area contributed by atoms with Crippen LogP contribution in [0.5, 0.6) is 5.75 Å². The zero-order valence-electron chi connectivity index (χ0n) is 19.8. The number of benzene rings is 2. The second-order valence-electron chi connectivity index (χ2n) is 7.81. The number of amides is 1. The van der Waals surface area contributed by atoms with Gasteiger partial charge in [-0.3, -0.25) is 4.79 Å². The Kier molecular flexibility index (Phi) is 10.8. The lowest BCUT2D eigenvalue weighted by atomic mass is 10.1. The first-order valence-corrected chi connectivity index (χ1v) is 11.5. The lowest BCUT2D eigenvalue weighted by Crippen LogP contribution is -2.52. The Hall–Kier alpha value is -2.49. The van der Waals surface area contributed by atoms with Crippen molar-refractivity contribution in [1.82, 2.24) is 15.1 Å². The fourth-order valence-electron chi connectivity index (χ4n) is 3.93. The van der Waals surface area contributed by atoms with Crippen LogP contribution in [-0.4, -0.2) is 72.6 Å². The summed E-state index contributed by atoms with van der Waals surface area (Å²) < 4.78 is 0. The molecule has 7 nitrogen and oxygen atoms in total. The maximum Gasteiger partial charge on any atom is 0.253 e. The van der Waals surface area contributed by atoms with Crippen LogP contribution in [-0.2, 0) is 6.54 Å². The maximum atomic E-state index is 12.5. The molecular weight excluding hydrogens is 529 g/mol. The third-order valence-corrected chi connectivity index (χ3v) is 5.80. The van der Waals surface area contributed by atoms with Crippen LogP contribution in [0.1, 0.15) is 36.7 Å². The molecule has 0 spiro atoms. The number of carbonyl (C=O) groups excluding carboxylic acids is 1. The molecule has 2 aromatic rings. The summed E-state index contributed by atoms with van der Waals surface area (Å²) in [4.78, 5) is 23.6. The van der Waals surface area contributed by atoms with E-state index in [0.29, 0.717) is 30.9 Å². The predicted molar refractivity (Wildman–Crippen MR) is 146 cm³/mol. The van der Waals surface area contributed by atoms with E-state index < -0.39 is 0 Å². The molecule has 1 aliphatic heterocycles. The van der Waals surface area contributed by atoms with E-state index in [4.69, 9.17) is 4.99 Å². The van der Waals surface area contributed by atoms with Crippen LogP contribution in [0.3, 0.4) is 0 Å². The molecule has 33 heavy (non-hydrogen) atoms. The molecule has 0 radical (unpaired) electrons. The van der Waals surface area contributed by atoms with E-state index in [0.717, 1.165) is 49.9 Å². The standard InChI is InChI=1S/C25H35N5O2.HI/c1-4-26-25(30-17-15-29(16-18-30)22-9-7-8-10-23(22)31)27-19-20-11-13-21(14-12-20)24(32)28(5-2)6-3;/h7-14,31H,4-6,15-19H2,1-3H3,(H,26,27);1H. The van der Waals surface area contributed by atoms with Crippen molar-refractivity contribution in [3.05, 3.63) is 59.7 Å². The van der Waals surface area contributed by atoms with Gasteiger partial charge in [0.15, 0.2) is 5.96 Å². The number of carbonyl (C=O) groups is 1. The average molecular weight is 566 g/mol. The summed E-state index contributed by atoms with van der Waals surface area (Å²) in [5.41, 5.74) is 2.67. The minimum absolute atomic E-state index is 0. The van der Waals surface area contributed by atoms with E-state index >= 15 is 0 Å². The number of para-hydroxylation sites is 2. The normalized spacial score (nSPS) is 14.0. The number of anilines is 1. The van der Waals surface area contributed by atoms with Gasteiger partial charge in [-0.05, 0) is 50.6 Å². The zero-order chi connectivity index (χ0) is 22.9. The molecule has 2 aromatic carbocycles. The van der Waals surface area contributed by atoms with E-state index in [9.17, 15) is 9.90 Å². The van der Waals surface area contributed by atoms with Gasteiger partial charge in [-0.2, -0.15) is 0 Å². The van der Waals surface area contributed by atoms with Crippen LogP contribution in [0, 0.1) is 0 Å². The smallest absolute Gasteiger partial charge is 0.253 e. The fourth-order valence-corrected chi connectivity index (χ4v) is 3.93. The fraction of sp³-hybridized carbons (Fsp3) is 0.440. The molecule has 1 amide bonds. The Morgan fingerprint density at radius 3 is 2.21 bits per heavy atom. The second-order valence-corrected chi connectivity index (χ2v) is 7.81. The number of nitrogens with one attached hydrogen (secondary N) is 1. The summed E-state index contributed by atoms with van der Waals surface area (Å²) in [6.45, 7) is 12.2. The molecule has 2 N–H and O–H groups in total. The number of nitrogens with zero attached hydrogens (tertiary/aromatic N) is 4. The number of phenols is 1. The van der Waals surface area contributed by atoms with Gasteiger partial charge in [0.25, 0.3) is 5.91 Å². The summed E-state index contributed by atoms with van der Waals surface area (Å²) in [6.07, 6.45) is 0. The van der Waals surface area contributed by atoms with Gasteiger partial charge in [0.1, 0.15) is 5.75 Å². The van der Waals surface area contributed by atoms with E-state index in [2.05, 4.69) is 22.0 Å². The van der Waals surface area contributed by atoms with Gasteiger partial charge in [-0.15, -0.1) is 24.0 Å². The number of halogens is 1. The topological polar surface area (TPSA) is 71.4 Å². The van der Waals surface area contributed by atoms with Crippen molar-refractivity contribution >= 4 is 41.5 Å². The lowest BCUT2D eigenvalue weighted by Gasteiger charge is -2.37. The molecule has 1 aliphatic rings. The Balaban J connectivity index is 0.00000385. The second kappa shape index (κ2) is 13.3. The summed E-state index contributed by atoms with van der Waals surface area (Å²) in [5, 5.41) is 13.5. The average Bonchev–Trinajstić information content (AvgIpc) is 2.83. The highest BCUT2D eigenvalue weighted by atomic mass is 127. The molecule has 0 bridgehead atoms. The summed E-state index contributed by atoms with van der Waals surface area (Å²) >= 11 is 0. The van der Waals surface area contributed by atoms with Gasteiger partial charge in [-0.1, -0.05) is 24.3 Å². The molecule has 0 aliphatic carbocycles. The molecule has 1 heterocycles. The molecule has 3 rings (SSSR count). The molecule has 1 saturated heterocycles. The van der Waals surface area contributed by atoms with Crippen molar-refractivity contribution in [2.75, 3.05) is 50.7 Å². The SMILES string of the molecule is CCNC(=NCc1ccc(C(=O)N(CC)CC)cc1)N1CCN(c2ccccc2O)CC1.I. The van der Waals surface area contributed by atoms with Crippen LogP contribution in [0.25, 0.3) is 0 Å². The minimum atomic E-state index is 0. The molecule has 180 valence electrons. The van der Waals surface area contributed by atoms with Crippen molar-refractivity contribution in [1.29, 1.82) is 0 Å². The van der Waals surface area contributed by atoms with E-state index in [1.165, 1.54) is 0 Å².